The van der Waals surface area contributed by atoms with Gasteiger partial charge in [-0.2, -0.15) is 0 Å². The molecule has 1 radical (unpaired) electrons. The SMILES string of the molecule is O[P]1(c2ccccc2)CCCC1. The van der Waals surface area contributed by atoms with Crippen LogP contribution in [0.15, 0.2) is 30.3 Å². The average Bonchev–Trinajstić information content (AvgIpc) is 2.55. The van der Waals surface area contributed by atoms with Crippen molar-refractivity contribution >= 4 is 12.8 Å². The van der Waals surface area contributed by atoms with Crippen molar-refractivity contribution in [2.24, 2.45) is 0 Å². The van der Waals surface area contributed by atoms with Crippen LogP contribution < -0.4 is 5.30 Å². The van der Waals surface area contributed by atoms with Crippen molar-refractivity contribution in [3.05, 3.63) is 30.3 Å². The summed E-state index contributed by atoms with van der Waals surface area (Å²) in [6.07, 6.45) is 4.49. The number of benzene rings is 1. The fourth-order valence-electron chi connectivity index (χ4n) is 1.82. The largest absolute Gasteiger partial charge is 0.375 e. The molecule has 1 aromatic rings. The maximum atomic E-state index is 10.3. The first-order valence-electron chi connectivity index (χ1n) is 4.47. The molecule has 1 aromatic carbocycles. The van der Waals surface area contributed by atoms with Crippen LogP contribution in [0.4, 0.5) is 0 Å². The van der Waals surface area contributed by atoms with E-state index < -0.39 is 7.49 Å². The summed E-state index contributed by atoms with van der Waals surface area (Å²) in [4.78, 5) is 10.3. The molecule has 2 rings (SSSR count). The Morgan fingerprint density at radius 2 is 1.58 bits per heavy atom. The minimum atomic E-state index is -1.67. The molecule has 0 aliphatic carbocycles. The zero-order valence-corrected chi connectivity index (χ0v) is 8.00. The Morgan fingerprint density at radius 1 is 1.00 bits per heavy atom. The van der Waals surface area contributed by atoms with Crippen molar-refractivity contribution in [2.75, 3.05) is 12.3 Å². The third-order valence-corrected chi connectivity index (χ3v) is 5.91. The Hall–Kier alpha value is -0.390. The molecule has 1 aliphatic heterocycles. The van der Waals surface area contributed by atoms with Crippen LogP contribution in [0, 0.1) is 0 Å². The Bertz CT molecular complexity index is 252. The second-order valence-corrected chi connectivity index (χ2v) is 6.67. The van der Waals surface area contributed by atoms with E-state index in [0.29, 0.717) is 0 Å². The normalized spacial score (nSPS) is 21.1. The van der Waals surface area contributed by atoms with Crippen LogP contribution in [0.1, 0.15) is 12.8 Å². The summed E-state index contributed by atoms with van der Waals surface area (Å²) in [6, 6.07) is 10.2. The fourth-order valence-corrected chi connectivity index (χ4v) is 4.78. The van der Waals surface area contributed by atoms with E-state index in [1.807, 2.05) is 18.2 Å². The maximum absolute atomic E-state index is 10.3. The minimum Gasteiger partial charge on any atom is -0.375 e. The van der Waals surface area contributed by atoms with Crippen molar-refractivity contribution in [1.29, 1.82) is 0 Å². The van der Waals surface area contributed by atoms with E-state index in [1.54, 1.807) is 0 Å². The first-order valence-corrected chi connectivity index (χ1v) is 6.58. The van der Waals surface area contributed by atoms with Gasteiger partial charge in [0.25, 0.3) is 0 Å². The van der Waals surface area contributed by atoms with E-state index in [0.717, 1.165) is 12.3 Å². The van der Waals surface area contributed by atoms with Crippen molar-refractivity contribution in [1.82, 2.24) is 0 Å². The lowest BCUT2D eigenvalue weighted by atomic mass is 10.4. The summed E-state index contributed by atoms with van der Waals surface area (Å²) in [5, 5.41) is 1.20. The summed E-state index contributed by atoms with van der Waals surface area (Å²) < 4.78 is 0. The second kappa shape index (κ2) is 3.16. The zero-order chi connectivity index (χ0) is 8.44. The van der Waals surface area contributed by atoms with Gasteiger partial charge in [-0.05, 0) is 30.5 Å². The maximum Gasteiger partial charge on any atom is 0.0117 e. The fraction of sp³-hybridized carbons (Fsp3) is 0.400. The molecule has 0 bridgehead atoms. The van der Waals surface area contributed by atoms with E-state index in [-0.39, 0.29) is 0 Å². The highest BCUT2D eigenvalue weighted by Gasteiger charge is 2.30. The van der Waals surface area contributed by atoms with Gasteiger partial charge in [0.15, 0.2) is 0 Å². The third kappa shape index (κ3) is 1.39. The molecule has 0 atom stereocenters. The Labute approximate surface area is 73.9 Å². The summed E-state index contributed by atoms with van der Waals surface area (Å²) >= 11 is 0. The van der Waals surface area contributed by atoms with Gasteiger partial charge in [0.2, 0.25) is 0 Å². The highest BCUT2D eigenvalue weighted by Crippen LogP contribution is 2.58. The van der Waals surface area contributed by atoms with Crippen LogP contribution in [-0.2, 0) is 0 Å². The van der Waals surface area contributed by atoms with Crippen molar-refractivity contribution in [3.8, 4) is 0 Å². The predicted molar refractivity (Wildman–Crippen MR) is 54.2 cm³/mol. The molecule has 12 heavy (non-hydrogen) atoms. The molecule has 0 unspecified atom stereocenters. The van der Waals surface area contributed by atoms with Gasteiger partial charge < -0.3 is 4.89 Å². The van der Waals surface area contributed by atoms with Crippen molar-refractivity contribution < 1.29 is 4.89 Å². The Balaban J connectivity index is 2.29. The molecule has 2 heteroatoms. The first-order chi connectivity index (χ1) is 5.81. The van der Waals surface area contributed by atoms with Gasteiger partial charge in [-0.25, -0.2) is 0 Å². The van der Waals surface area contributed by atoms with Gasteiger partial charge in [0, 0.05) is 7.49 Å². The Morgan fingerprint density at radius 3 is 2.17 bits per heavy atom. The molecule has 0 amide bonds. The Kier molecular flexibility index (Phi) is 2.16. The lowest BCUT2D eigenvalue weighted by Gasteiger charge is -2.24. The van der Waals surface area contributed by atoms with Gasteiger partial charge in [-0.3, -0.25) is 0 Å². The summed E-state index contributed by atoms with van der Waals surface area (Å²) in [7, 11) is -1.67. The molecule has 0 spiro atoms. The van der Waals surface area contributed by atoms with Gasteiger partial charge in [0.1, 0.15) is 0 Å². The van der Waals surface area contributed by atoms with Crippen LogP contribution in [0.3, 0.4) is 0 Å². The summed E-state index contributed by atoms with van der Waals surface area (Å²) in [5.41, 5.74) is 0. The second-order valence-electron chi connectivity index (χ2n) is 3.41. The van der Waals surface area contributed by atoms with Gasteiger partial charge in [0.05, 0.1) is 0 Å². The lowest BCUT2D eigenvalue weighted by molar-refractivity contribution is 0.617. The summed E-state index contributed by atoms with van der Waals surface area (Å²) in [6.45, 7) is 0. The molecular formula is C10H14OP. The van der Waals surface area contributed by atoms with E-state index in [9.17, 15) is 4.89 Å². The highest BCUT2D eigenvalue weighted by atomic mass is 31.2. The highest BCUT2D eigenvalue weighted by molar-refractivity contribution is 7.78. The average molecular weight is 181 g/mol. The summed E-state index contributed by atoms with van der Waals surface area (Å²) in [5.74, 6) is 0. The zero-order valence-electron chi connectivity index (χ0n) is 7.11. The molecule has 0 aromatic heterocycles. The topological polar surface area (TPSA) is 20.2 Å². The van der Waals surface area contributed by atoms with Crippen LogP contribution >= 0.6 is 7.49 Å². The predicted octanol–water partition coefficient (Wildman–Crippen LogP) is 2.03. The smallest absolute Gasteiger partial charge is 0.0117 e. The van der Waals surface area contributed by atoms with Gasteiger partial charge >= 0.3 is 0 Å². The van der Waals surface area contributed by atoms with Gasteiger partial charge in [-0.15, -0.1) is 0 Å². The molecule has 1 N–H and O–H groups in total. The monoisotopic (exact) mass is 181 g/mol. The van der Waals surface area contributed by atoms with Crippen LogP contribution in [0.5, 0.6) is 0 Å². The quantitative estimate of drug-likeness (QED) is 0.657. The van der Waals surface area contributed by atoms with Crippen molar-refractivity contribution in [2.45, 2.75) is 12.8 Å². The molecular weight excluding hydrogens is 167 g/mol. The molecule has 1 fully saturated rings. The molecule has 1 heterocycles. The molecule has 1 nitrogen and oxygen atoms in total. The van der Waals surface area contributed by atoms with Gasteiger partial charge in [-0.1, -0.05) is 30.3 Å². The number of hydrogen-bond acceptors (Lipinski definition) is 1. The van der Waals surface area contributed by atoms with Crippen LogP contribution in [0.25, 0.3) is 0 Å². The van der Waals surface area contributed by atoms with Crippen LogP contribution in [-0.4, -0.2) is 17.2 Å². The van der Waals surface area contributed by atoms with E-state index >= 15 is 0 Å². The number of rotatable bonds is 1. The standard InChI is InChI=1S/C10H14OP/c11-12(8-4-5-9-12)10-6-2-1-3-7-10/h1-3,6-7,11H,4-5,8-9H2. The number of hydrogen-bond donors (Lipinski definition) is 1. The van der Waals surface area contributed by atoms with E-state index in [1.165, 1.54) is 18.1 Å². The molecule has 1 aliphatic rings. The van der Waals surface area contributed by atoms with E-state index in [2.05, 4.69) is 12.1 Å². The van der Waals surface area contributed by atoms with Crippen LogP contribution in [0.2, 0.25) is 0 Å². The third-order valence-electron chi connectivity index (χ3n) is 2.54. The molecule has 0 saturated carbocycles. The van der Waals surface area contributed by atoms with E-state index in [4.69, 9.17) is 0 Å². The minimum absolute atomic E-state index is 1.04. The molecule has 1 saturated heterocycles. The van der Waals surface area contributed by atoms with Crippen molar-refractivity contribution in [3.63, 3.8) is 0 Å². The lowest BCUT2D eigenvalue weighted by Crippen LogP contribution is -2.11. The first kappa shape index (κ1) is 8.22. The molecule has 65 valence electrons.